The second kappa shape index (κ2) is 5.92. The number of nitrogens with two attached hydrogens (primary N) is 1. The van der Waals surface area contributed by atoms with Crippen molar-refractivity contribution in [1.82, 2.24) is 0 Å². The molecule has 0 aliphatic heterocycles. The Kier molecular flexibility index (Phi) is 4.25. The van der Waals surface area contributed by atoms with Crippen LogP contribution in [0, 0.1) is 12.7 Å². The number of ether oxygens (including phenoxy) is 1. The van der Waals surface area contributed by atoms with Crippen LogP contribution in [0.15, 0.2) is 36.4 Å². The van der Waals surface area contributed by atoms with Gasteiger partial charge in [0.25, 0.3) is 0 Å². The van der Waals surface area contributed by atoms with Crippen LogP contribution >= 0.6 is 11.6 Å². The first-order valence-corrected chi connectivity index (χ1v) is 6.33. The minimum absolute atomic E-state index is 0.0346. The van der Waals surface area contributed by atoms with Crippen molar-refractivity contribution in [3.8, 4) is 0 Å². The predicted molar refractivity (Wildman–Crippen MR) is 76.1 cm³/mol. The molecular formula is C15H13ClFNO2. The molecule has 2 rings (SSSR count). The Balaban J connectivity index is 2.15. The minimum Gasteiger partial charge on any atom is -0.457 e. The Morgan fingerprint density at radius 2 is 2.10 bits per heavy atom. The van der Waals surface area contributed by atoms with Crippen LogP contribution in [-0.4, -0.2) is 5.97 Å². The molecule has 0 amide bonds. The molecule has 2 aromatic carbocycles. The number of nitrogen functional groups attached to an aromatic ring is 1. The van der Waals surface area contributed by atoms with Gasteiger partial charge in [0, 0.05) is 5.69 Å². The summed E-state index contributed by atoms with van der Waals surface area (Å²) < 4.78 is 18.3. The average molecular weight is 294 g/mol. The van der Waals surface area contributed by atoms with Crippen LogP contribution in [0.25, 0.3) is 0 Å². The molecule has 0 aliphatic carbocycles. The number of anilines is 1. The Hall–Kier alpha value is -2.07. The molecule has 0 aliphatic rings. The van der Waals surface area contributed by atoms with Crippen LogP contribution in [-0.2, 0) is 11.3 Å². The molecule has 2 aromatic rings. The van der Waals surface area contributed by atoms with E-state index in [0.29, 0.717) is 5.56 Å². The van der Waals surface area contributed by atoms with Crippen LogP contribution < -0.4 is 5.73 Å². The zero-order chi connectivity index (χ0) is 14.7. The molecule has 20 heavy (non-hydrogen) atoms. The van der Waals surface area contributed by atoms with Crippen LogP contribution in [0.3, 0.4) is 0 Å². The average Bonchev–Trinajstić information content (AvgIpc) is 2.39. The number of carbonyl (C=O) groups is 1. The highest BCUT2D eigenvalue weighted by atomic mass is 35.5. The molecule has 0 unspecified atom stereocenters. The van der Waals surface area contributed by atoms with E-state index in [9.17, 15) is 9.18 Å². The highest BCUT2D eigenvalue weighted by molar-refractivity contribution is 6.34. The molecule has 0 fully saturated rings. The maximum atomic E-state index is 13.1. The van der Waals surface area contributed by atoms with E-state index in [1.165, 1.54) is 12.1 Å². The smallest absolute Gasteiger partial charge is 0.342 e. The number of carbonyl (C=O) groups excluding carboxylic acids is 1. The van der Waals surface area contributed by atoms with Gasteiger partial charge in [-0.1, -0.05) is 23.7 Å². The van der Waals surface area contributed by atoms with Crippen molar-refractivity contribution in [3.05, 3.63) is 63.9 Å². The van der Waals surface area contributed by atoms with Crippen molar-refractivity contribution >= 4 is 23.3 Å². The van der Waals surface area contributed by atoms with E-state index < -0.39 is 5.97 Å². The molecule has 2 N–H and O–H groups in total. The van der Waals surface area contributed by atoms with Crippen molar-refractivity contribution in [3.63, 3.8) is 0 Å². The van der Waals surface area contributed by atoms with E-state index >= 15 is 0 Å². The molecule has 0 radical (unpaired) electrons. The van der Waals surface area contributed by atoms with Gasteiger partial charge in [0.1, 0.15) is 18.0 Å². The first kappa shape index (κ1) is 14.3. The van der Waals surface area contributed by atoms with Crippen molar-refractivity contribution in [2.45, 2.75) is 13.5 Å². The van der Waals surface area contributed by atoms with E-state index in [4.69, 9.17) is 22.1 Å². The van der Waals surface area contributed by atoms with Crippen LogP contribution in [0.5, 0.6) is 0 Å². The van der Waals surface area contributed by atoms with Gasteiger partial charge in [0.15, 0.2) is 0 Å². The second-order valence-electron chi connectivity index (χ2n) is 4.35. The predicted octanol–water partition coefficient (Wildman–Crippen LogP) is 3.73. The fourth-order valence-corrected chi connectivity index (χ4v) is 2.03. The summed E-state index contributed by atoms with van der Waals surface area (Å²) in [4.78, 5) is 12.0. The van der Waals surface area contributed by atoms with Gasteiger partial charge in [-0.3, -0.25) is 0 Å². The van der Waals surface area contributed by atoms with Gasteiger partial charge in [-0.15, -0.1) is 0 Å². The fraction of sp³-hybridized carbons (Fsp3) is 0.133. The van der Waals surface area contributed by atoms with Crippen LogP contribution in [0.2, 0.25) is 5.02 Å². The Bertz CT molecular complexity index is 638. The lowest BCUT2D eigenvalue weighted by atomic mass is 10.1. The molecule has 0 heterocycles. The largest absolute Gasteiger partial charge is 0.457 e. The molecule has 0 saturated heterocycles. The van der Waals surface area contributed by atoms with Crippen LogP contribution in [0.4, 0.5) is 10.1 Å². The van der Waals surface area contributed by atoms with E-state index in [1.54, 1.807) is 24.3 Å². The molecule has 0 saturated carbocycles. The lowest BCUT2D eigenvalue weighted by Gasteiger charge is -2.10. The van der Waals surface area contributed by atoms with E-state index in [-0.39, 0.29) is 28.7 Å². The molecule has 0 spiro atoms. The van der Waals surface area contributed by atoms with E-state index in [1.807, 2.05) is 6.92 Å². The summed E-state index contributed by atoms with van der Waals surface area (Å²) in [6.07, 6.45) is 0. The van der Waals surface area contributed by atoms with Gasteiger partial charge in [-0.05, 0) is 42.3 Å². The van der Waals surface area contributed by atoms with Crippen molar-refractivity contribution in [2.24, 2.45) is 0 Å². The first-order chi connectivity index (χ1) is 9.49. The molecule has 104 valence electrons. The minimum atomic E-state index is -0.628. The number of hydrogen-bond acceptors (Lipinski definition) is 3. The number of benzene rings is 2. The lowest BCUT2D eigenvalue weighted by Crippen LogP contribution is -2.09. The summed E-state index contributed by atoms with van der Waals surface area (Å²) in [7, 11) is 0. The van der Waals surface area contributed by atoms with Gasteiger partial charge in [-0.2, -0.15) is 0 Å². The number of rotatable bonds is 3. The van der Waals surface area contributed by atoms with Gasteiger partial charge in [0.2, 0.25) is 0 Å². The Morgan fingerprint density at radius 3 is 2.80 bits per heavy atom. The van der Waals surface area contributed by atoms with Gasteiger partial charge >= 0.3 is 5.97 Å². The van der Waals surface area contributed by atoms with Crippen molar-refractivity contribution in [2.75, 3.05) is 5.73 Å². The maximum absolute atomic E-state index is 13.1. The fourth-order valence-electron chi connectivity index (χ4n) is 1.77. The molecule has 0 bridgehead atoms. The number of aryl methyl sites for hydroxylation is 1. The number of esters is 1. The van der Waals surface area contributed by atoms with Gasteiger partial charge in [0.05, 0.1) is 5.02 Å². The Labute approximate surface area is 121 Å². The number of halogens is 2. The molecular weight excluding hydrogens is 281 g/mol. The second-order valence-corrected chi connectivity index (χ2v) is 4.76. The molecule has 5 heteroatoms. The Morgan fingerprint density at radius 1 is 1.35 bits per heavy atom. The van der Waals surface area contributed by atoms with Crippen molar-refractivity contribution in [1.29, 1.82) is 0 Å². The van der Waals surface area contributed by atoms with E-state index in [2.05, 4.69) is 0 Å². The zero-order valence-corrected chi connectivity index (χ0v) is 11.6. The molecule has 0 aromatic heterocycles. The highest BCUT2D eigenvalue weighted by Gasteiger charge is 2.15. The molecule has 3 nitrogen and oxygen atoms in total. The van der Waals surface area contributed by atoms with Gasteiger partial charge < -0.3 is 10.5 Å². The summed E-state index contributed by atoms with van der Waals surface area (Å²) in [5.74, 6) is -1.00. The monoisotopic (exact) mass is 293 g/mol. The summed E-state index contributed by atoms with van der Waals surface area (Å²) in [6, 6.07) is 9.08. The highest BCUT2D eigenvalue weighted by Crippen LogP contribution is 2.23. The topological polar surface area (TPSA) is 52.3 Å². The van der Waals surface area contributed by atoms with Gasteiger partial charge in [-0.25, -0.2) is 9.18 Å². The van der Waals surface area contributed by atoms with Crippen LogP contribution in [0.1, 0.15) is 21.5 Å². The normalized spacial score (nSPS) is 10.3. The lowest BCUT2D eigenvalue weighted by molar-refractivity contribution is 0.0473. The SMILES string of the molecule is Cc1ccc(F)cc1COC(=O)c1c(N)cccc1Cl. The third-order valence-corrected chi connectivity index (χ3v) is 3.23. The third kappa shape index (κ3) is 3.08. The standard InChI is InChI=1S/C15H13ClFNO2/c1-9-5-6-11(17)7-10(9)8-20-15(19)14-12(16)3-2-4-13(14)18/h2-7H,8,18H2,1H3. The summed E-state index contributed by atoms with van der Waals surface area (Å²) >= 11 is 5.92. The zero-order valence-electron chi connectivity index (χ0n) is 10.8. The summed E-state index contributed by atoms with van der Waals surface area (Å²) in [5.41, 5.74) is 7.52. The summed E-state index contributed by atoms with van der Waals surface area (Å²) in [6.45, 7) is 1.78. The first-order valence-electron chi connectivity index (χ1n) is 5.95. The molecule has 0 atom stereocenters. The maximum Gasteiger partial charge on any atom is 0.342 e. The summed E-state index contributed by atoms with van der Waals surface area (Å²) in [5, 5.41) is 0.228. The third-order valence-electron chi connectivity index (χ3n) is 2.92. The van der Waals surface area contributed by atoms with E-state index in [0.717, 1.165) is 5.56 Å². The number of hydrogen-bond donors (Lipinski definition) is 1. The van der Waals surface area contributed by atoms with Crippen molar-refractivity contribution < 1.29 is 13.9 Å². The quantitative estimate of drug-likeness (QED) is 0.693.